The predicted octanol–water partition coefficient (Wildman–Crippen LogP) is 1.79. The van der Waals surface area contributed by atoms with Gasteiger partial charge in [0.05, 0.1) is 18.0 Å². The lowest BCUT2D eigenvalue weighted by Gasteiger charge is -2.04. The number of quaternary nitrogens is 1. The molecule has 1 amide bonds. The van der Waals surface area contributed by atoms with E-state index >= 15 is 0 Å². The zero-order valence-corrected chi connectivity index (χ0v) is 13.1. The molecule has 0 unspecified atom stereocenters. The first-order valence-electron chi connectivity index (χ1n) is 6.57. The van der Waals surface area contributed by atoms with Crippen molar-refractivity contribution in [2.75, 3.05) is 13.1 Å². The number of amides is 1. The molecular formula is C15H17N2O2S2+. The van der Waals surface area contributed by atoms with Gasteiger partial charge in [-0.1, -0.05) is 30.0 Å². The first-order valence-corrected chi connectivity index (χ1v) is 8.44. The van der Waals surface area contributed by atoms with Gasteiger partial charge in [0.25, 0.3) is 5.91 Å². The van der Waals surface area contributed by atoms with E-state index in [0.29, 0.717) is 24.4 Å². The van der Waals surface area contributed by atoms with Gasteiger partial charge in [-0.15, -0.1) is 11.3 Å². The highest BCUT2D eigenvalue weighted by Crippen LogP contribution is 2.21. The fourth-order valence-corrected chi connectivity index (χ4v) is 3.25. The van der Waals surface area contributed by atoms with Crippen LogP contribution in [0.25, 0.3) is 0 Å². The highest BCUT2D eigenvalue weighted by molar-refractivity contribution is 8.13. The van der Waals surface area contributed by atoms with E-state index in [1.807, 2.05) is 29.6 Å². The number of nitrogens with one attached hydrogen (secondary N) is 1. The first-order chi connectivity index (χ1) is 10.2. The molecule has 1 heterocycles. The standard InChI is InChI=1S/C15H16N2O2S2/c16-7-8-17-14(18)12-5-3-11(4-6-12)10-21-15(19)13-2-1-9-20-13/h1-6,9H,7-8,10,16H2,(H,17,18)/p+1. The number of hydrogen-bond donors (Lipinski definition) is 2. The van der Waals surface area contributed by atoms with E-state index in [0.717, 1.165) is 10.4 Å². The van der Waals surface area contributed by atoms with Gasteiger partial charge in [-0.25, -0.2) is 0 Å². The number of carbonyl (C=O) groups is 2. The number of hydrogen-bond acceptors (Lipinski definition) is 4. The van der Waals surface area contributed by atoms with E-state index in [4.69, 9.17) is 0 Å². The molecule has 4 N–H and O–H groups in total. The third-order valence-electron chi connectivity index (χ3n) is 2.77. The van der Waals surface area contributed by atoms with Crippen LogP contribution in [0.1, 0.15) is 25.6 Å². The molecule has 4 nitrogen and oxygen atoms in total. The molecule has 0 aliphatic carbocycles. The Kier molecular flexibility index (Phi) is 5.98. The lowest BCUT2D eigenvalue weighted by molar-refractivity contribution is -0.364. The maximum Gasteiger partial charge on any atom is 0.251 e. The number of thiophene rings is 1. The van der Waals surface area contributed by atoms with Crippen molar-refractivity contribution in [2.45, 2.75) is 5.75 Å². The average molecular weight is 321 g/mol. The highest BCUT2D eigenvalue weighted by Gasteiger charge is 2.09. The van der Waals surface area contributed by atoms with E-state index in [-0.39, 0.29) is 11.0 Å². The molecule has 21 heavy (non-hydrogen) atoms. The van der Waals surface area contributed by atoms with Crippen molar-refractivity contribution >= 4 is 34.1 Å². The van der Waals surface area contributed by atoms with Crippen LogP contribution in [0.4, 0.5) is 0 Å². The topological polar surface area (TPSA) is 73.8 Å². The molecule has 1 aromatic carbocycles. The monoisotopic (exact) mass is 321 g/mol. The quantitative estimate of drug-likeness (QED) is 0.852. The highest BCUT2D eigenvalue weighted by atomic mass is 32.2. The third-order valence-corrected chi connectivity index (χ3v) is 4.73. The van der Waals surface area contributed by atoms with Gasteiger partial charge in [0.1, 0.15) is 0 Å². The van der Waals surface area contributed by atoms with Crippen LogP contribution in [-0.2, 0) is 5.75 Å². The lowest BCUT2D eigenvalue weighted by atomic mass is 10.1. The van der Waals surface area contributed by atoms with E-state index in [2.05, 4.69) is 11.1 Å². The summed E-state index contributed by atoms with van der Waals surface area (Å²) in [6.07, 6.45) is 0. The summed E-state index contributed by atoms with van der Waals surface area (Å²) in [6, 6.07) is 11.0. The van der Waals surface area contributed by atoms with Gasteiger partial charge in [0, 0.05) is 11.3 Å². The summed E-state index contributed by atoms with van der Waals surface area (Å²) in [5.41, 5.74) is 5.33. The van der Waals surface area contributed by atoms with Crippen molar-refractivity contribution in [3.05, 3.63) is 57.8 Å². The number of benzene rings is 1. The number of thioether (sulfide) groups is 1. The molecule has 0 fully saturated rings. The molecule has 0 spiro atoms. The minimum atomic E-state index is -0.0903. The Morgan fingerprint density at radius 3 is 2.57 bits per heavy atom. The Morgan fingerprint density at radius 2 is 1.95 bits per heavy atom. The zero-order chi connectivity index (χ0) is 15.1. The minimum Gasteiger partial charge on any atom is -0.356 e. The molecule has 0 radical (unpaired) electrons. The smallest absolute Gasteiger partial charge is 0.251 e. The van der Waals surface area contributed by atoms with Crippen LogP contribution in [0.15, 0.2) is 41.8 Å². The van der Waals surface area contributed by atoms with Gasteiger partial charge in [-0.2, -0.15) is 0 Å². The van der Waals surface area contributed by atoms with Gasteiger partial charge in [0.15, 0.2) is 0 Å². The van der Waals surface area contributed by atoms with Crippen LogP contribution in [0, 0.1) is 0 Å². The molecule has 0 bridgehead atoms. The van der Waals surface area contributed by atoms with Crippen LogP contribution in [-0.4, -0.2) is 24.1 Å². The Bertz CT molecular complexity index is 595. The number of rotatable bonds is 6. The summed E-state index contributed by atoms with van der Waals surface area (Å²) in [7, 11) is 0. The predicted molar refractivity (Wildman–Crippen MR) is 86.5 cm³/mol. The lowest BCUT2D eigenvalue weighted by Crippen LogP contribution is -2.54. The van der Waals surface area contributed by atoms with E-state index in [1.165, 1.54) is 23.1 Å². The maximum absolute atomic E-state index is 11.9. The van der Waals surface area contributed by atoms with E-state index < -0.39 is 0 Å². The Labute approximate surface area is 131 Å². The van der Waals surface area contributed by atoms with Crippen molar-refractivity contribution in [2.24, 2.45) is 0 Å². The third kappa shape index (κ3) is 4.70. The molecule has 110 valence electrons. The van der Waals surface area contributed by atoms with Crippen molar-refractivity contribution < 1.29 is 15.3 Å². The molecule has 0 atom stereocenters. The SMILES string of the molecule is [NH3+]CCNC(=O)c1ccc(CSC(=O)c2cccs2)cc1. The van der Waals surface area contributed by atoms with Gasteiger partial charge >= 0.3 is 0 Å². The fraction of sp³-hybridized carbons (Fsp3) is 0.200. The van der Waals surface area contributed by atoms with Crippen LogP contribution in [0.3, 0.4) is 0 Å². The second-order valence-corrected chi connectivity index (χ2v) is 6.26. The summed E-state index contributed by atoms with van der Waals surface area (Å²) in [5, 5.41) is 4.76. The normalized spacial score (nSPS) is 10.3. The van der Waals surface area contributed by atoms with E-state index in [9.17, 15) is 9.59 Å². The molecule has 2 aromatic rings. The fourth-order valence-electron chi connectivity index (χ4n) is 1.67. The molecule has 1 aromatic heterocycles. The van der Waals surface area contributed by atoms with Crippen LogP contribution in [0.2, 0.25) is 0 Å². The van der Waals surface area contributed by atoms with Gasteiger partial charge in [-0.3, -0.25) is 9.59 Å². The van der Waals surface area contributed by atoms with Gasteiger partial charge in [-0.05, 0) is 29.1 Å². The van der Waals surface area contributed by atoms with Gasteiger partial charge in [0.2, 0.25) is 5.12 Å². The van der Waals surface area contributed by atoms with Crippen molar-refractivity contribution in [1.29, 1.82) is 0 Å². The maximum atomic E-state index is 11.9. The van der Waals surface area contributed by atoms with Crippen molar-refractivity contribution in [3.8, 4) is 0 Å². The Balaban J connectivity index is 1.87. The molecular weight excluding hydrogens is 304 g/mol. The Hall–Kier alpha value is -1.63. The molecule has 0 aliphatic heterocycles. The molecule has 6 heteroatoms. The average Bonchev–Trinajstić information content (AvgIpc) is 3.05. The summed E-state index contributed by atoms with van der Waals surface area (Å²) >= 11 is 2.73. The zero-order valence-electron chi connectivity index (χ0n) is 11.5. The molecule has 0 aliphatic rings. The first kappa shape index (κ1) is 15.8. The van der Waals surface area contributed by atoms with Crippen LogP contribution >= 0.6 is 23.1 Å². The van der Waals surface area contributed by atoms with Crippen molar-refractivity contribution in [3.63, 3.8) is 0 Å². The van der Waals surface area contributed by atoms with Crippen LogP contribution < -0.4 is 11.1 Å². The summed E-state index contributed by atoms with van der Waals surface area (Å²) in [6.45, 7) is 1.25. The number of carbonyl (C=O) groups excluding carboxylic acids is 2. The molecule has 0 saturated heterocycles. The minimum absolute atomic E-state index is 0.0854. The second kappa shape index (κ2) is 7.97. The molecule has 2 rings (SSSR count). The Morgan fingerprint density at radius 1 is 1.19 bits per heavy atom. The summed E-state index contributed by atoms with van der Waals surface area (Å²) in [4.78, 5) is 24.4. The molecule has 0 saturated carbocycles. The van der Waals surface area contributed by atoms with Gasteiger partial charge < -0.3 is 11.1 Å². The largest absolute Gasteiger partial charge is 0.356 e. The summed E-state index contributed by atoms with van der Waals surface area (Å²) in [5.74, 6) is 0.518. The van der Waals surface area contributed by atoms with Crippen LogP contribution in [0.5, 0.6) is 0 Å². The summed E-state index contributed by atoms with van der Waals surface area (Å²) < 4.78 is 0. The van der Waals surface area contributed by atoms with Crippen molar-refractivity contribution in [1.82, 2.24) is 5.32 Å². The van der Waals surface area contributed by atoms with E-state index in [1.54, 1.807) is 12.1 Å². The second-order valence-electron chi connectivity index (χ2n) is 4.36.